The van der Waals surface area contributed by atoms with E-state index in [1.807, 2.05) is 0 Å². The molecular weight excluding hydrogens is 304 g/mol. The largest absolute Gasteiger partial charge is 0.479 e. The lowest BCUT2D eigenvalue weighted by atomic mass is 10.1. The van der Waals surface area contributed by atoms with Gasteiger partial charge in [0.1, 0.15) is 0 Å². The number of hydrogen-bond acceptors (Lipinski definition) is 3. The maximum Gasteiger partial charge on any atom is 0.341 e. The van der Waals surface area contributed by atoms with Crippen LogP contribution in [0.3, 0.4) is 0 Å². The van der Waals surface area contributed by atoms with E-state index >= 15 is 0 Å². The average molecular weight is 336 g/mol. The summed E-state index contributed by atoms with van der Waals surface area (Å²) in [5.74, 6) is -1.53. The number of carboxylic acid groups (broad SMARTS) is 1. The molecule has 24 heavy (non-hydrogen) atoms. The first kappa shape index (κ1) is 22.2. The highest BCUT2D eigenvalue weighted by molar-refractivity contribution is 5.75. The lowest BCUT2D eigenvalue weighted by Gasteiger charge is -2.02. The Balaban J connectivity index is 3.32. The minimum atomic E-state index is -1.11. The summed E-state index contributed by atoms with van der Waals surface area (Å²) in [5.41, 5.74) is 0. The van der Waals surface area contributed by atoms with Gasteiger partial charge in [-0.1, -0.05) is 62.6 Å². The maximum absolute atomic E-state index is 11.2. The van der Waals surface area contributed by atoms with Crippen LogP contribution < -0.4 is 0 Å². The maximum atomic E-state index is 11.2. The van der Waals surface area contributed by atoms with Crippen LogP contribution in [0.1, 0.15) is 71.1 Å². The third-order valence-corrected chi connectivity index (χ3v) is 3.39. The van der Waals surface area contributed by atoms with Crippen molar-refractivity contribution in [3.8, 4) is 0 Å². The molecule has 136 valence electrons. The second-order valence-electron chi connectivity index (χ2n) is 5.65. The summed E-state index contributed by atoms with van der Waals surface area (Å²) in [6.45, 7) is 1.61. The van der Waals surface area contributed by atoms with Gasteiger partial charge in [0, 0.05) is 6.42 Å². The highest BCUT2D eigenvalue weighted by Crippen LogP contribution is 2.08. The number of carbonyl (C=O) groups excluding carboxylic acids is 1. The van der Waals surface area contributed by atoms with Crippen LogP contribution in [0.15, 0.2) is 36.5 Å². The molecule has 0 aliphatic heterocycles. The Morgan fingerprint density at radius 3 is 2.08 bits per heavy atom. The smallest absolute Gasteiger partial charge is 0.341 e. The van der Waals surface area contributed by atoms with Crippen LogP contribution in [0.2, 0.25) is 0 Å². The molecule has 0 atom stereocenters. The Morgan fingerprint density at radius 2 is 1.42 bits per heavy atom. The van der Waals surface area contributed by atoms with Crippen molar-refractivity contribution in [1.29, 1.82) is 0 Å². The predicted molar refractivity (Wildman–Crippen MR) is 97.9 cm³/mol. The third-order valence-electron chi connectivity index (χ3n) is 3.39. The van der Waals surface area contributed by atoms with E-state index < -0.39 is 18.5 Å². The van der Waals surface area contributed by atoms with Gasteiger partial charge in [-0.3, -0.25) is 4.79 Å². The van der Waals surface area contributed by atoms with Crippen molar-refractivity contribution < 1.29 is 19.4 Å². The number of esters is 1. The van der Waals surface area contributed by atoms with E-state index in [4.69, 9.17) is 5.11 Å². The van der Waals surface area contributed by atoms with Gasteiger partial charge < -0.3 is 9.84 Å². The summed E-state index contributed by atoms with van der Waals surface area (Å²) < 4.78 is 4.57. The number of allylic oxidation sites excluding steroid dienone is 6. The molecule has 4 nitrogen and oxygen atoms in total. The fraction of sp³-hybridized carbons (Fsp3) is 0.600. The van der Waals surface area contributed by atoms with E-state index in [2.05, 4.69) is 48.1 Å². The minimum Gasteiger partial charge on any atom is -0.479 e. The van der Waals surface area contributed by atoms with Gasteiger partial charge in [0.05, 0.1) is 0 Å². The molecule has 0 bridgehead atoms. The molecule has 0 aliphatic carbocycles. The molecule has 0 radical (unpaired) electrons. The quantitative estimate of drug-likeness (QED) is 0.253. The molecule has 0 heterocycles. The average Bonchev–Trinajstić information content (AvgIpc) is 2.56. The third kappa shape index (κ3) is 18.2. The summed E-state index contributed by atoms with van der Waals surface area (Å²) in [5, 5.41) is 8.38. The second kappa shape index (κ2) is 17.5. The first-order valence-electron chi connectivity index (χ1n) is 8.99. The van der Waals surface area contributed by atoms with Crippen molar-refractivity contribution in [2.24, 2.45) is 0 Å². The topological polar surface area (TPSA) is 63.6 Å². The first-order chi connectivity index (χ1) is 11.7. The van der Waals surface area contributed by atoms with Crippen LogP contribution in [-0.4, -0.2) is 23.7 Å². The van der Waals surface area contributed by atoms with E-state index in [0.717, 1.165) is 51.4 Å². The Bertz CT molecular complexity index is 408. The highest BCUT2D eigenvalue weighted by atomic mass is 16.5. The van der Waals surface area contributed by atoms with E-state index in [-0.39, 0.29) is 0 Å². The van der Waals surface area contributed by atoms with Gasteiger partial charge in [-0.2, -0.15) is 0 Å². The number of ether oxygens (including phenoxy) is 1. The zero-order valence-electron chi connectivity index (χ0n) is 14.9. The monoisotopic (exact) mass is 336 g/mol. The molecular formula is C20H32O4. The Morgan fingerprint density at radius 1 is 0.833 bits per heavy atom. The van der Waals surface area contributed by atoms with Gasteiger partial charge >= 0.3 is 11.9 Å². The molecule has 4 heteroatoms. The van der Waals surface area contributed by atoms with E-state index in [1.165, 1.54) is 6.42 Å². The van der Waals surface area contributed by atoms with Gasteiger partial charge in [0.2, 0.25) is 0 Å². The number of aliphatic carboxylic acids is 1. The summed E-state index contributed by atoms with van der Waals surface area (Å²) >= 11 is 0. The minimum absolute atomic E-state index is 0.312. The molecule has 1 N–H and O–H groups in total. The van der Waals surface area contributed by atoms with Crippen LogP contribution in [0, 0.1) is 0 Å². The summed E-state index contributed by atoms with van der Waals surface area (Å²) in [7, 11) is 0. The summed E-state index contributed by atoms with van der Waals surface area (Å²) in [4.78, 5) is 21.4. The fourth-order valence-corrected chi connectivity index (χ4v) is 2.10. The SMILES string of the molecule is CC/C=C\C/C=C\C/C=C\CCCCCCCC(=O)OCC(=O)O. The predicted octanol–water partition coefficient (Wildman–Crippen LogP) is 5.20. The van der Waals surface area contributed by atoms with Crippen molar-refractivity contribution in [3.05, 3.63) is 36.5 Å². The van der Waals surface area contributed by atoms with Gasteiger partial charge in [-0.15, -0.1) is 0 Å². The van der Waals surface area contributed by atoms with Crippen LogP contribution in [0.4, 0.5) is 0 Å². The molecule has 0 rings (SSSR count). The standard InChI is InChI=1S/C20H32O4/c1-2-3-4-5-6-7-8-9-10-11-12-13-14-15-16-17-20(23)24-18-19(21)22/h3-4,6-7,9-10H,2,5,8,11-18H2,1H3,(H,21,22)/b4-3-,7-6-,10-9-. The van der Waals surface area contributed by atoms with Crippen molar-refractivity contribution >= 4 is 11.9 Å². The Kier molecular flexibility index (Phi) is 16.2. The van der Waals surface area contributed by atoms with E-state index in [1.54, 1.807) is 0 Å². The molecule has 0 aromatic heterocycles. The van der Waals surface area contributed by atoms with Gasteiger partial charge in [0.15, 0.2) is 6.61 Å². The summed E-state index contributed by atoms with van der Waals surface area (Å²) in [6.07, 6.45) is 22.9. The molecule has 0 unspecified atom stereocenters. The van der Waals surface area contributed by atoms with E-state index in [9.17, 15) is 9.59 Å². The van der Waals surface area contributed by atoms with Gasteiger partial charge in [0.25, 0.3) is 0 Å². The lowest BCUT2D eigenvalue weighted by molar-refractivity contribution is -0.155. The normalized spacial score (nSPS) is 11.7. The van der Waals surface area contributed by atoms with Gasteiger partial charge in [-0.25, -0.2) is 4.79 Å². The fourth-order valence-electron chi connectivity index (χ4n) is 2.10. The number of rotatable bonds is 15. The second-order valence-corrected chi connectivity index (χ2v) is 5.65. The molecule has 0 aliphatic rings. The molecule has 0 saturated carbocycles. The zero-order chi connectivity index (χ0) is 17.9. The lowest BCUT2D eigenvalue weighted by Crippen LogP contribution is -2.12. The van der Waals surface area contributed by atoms with Crippen LogP contribution in [0.25, 0.3) is 0 Å². The molecule has 0 amide bonds. The molecule has 0 spiro atoms. The molecule has 0 fully saturated rings. The van der Waals surface area contributed by atoms with Crippen LogP contribution in [-0.2, 0) is 14.3 Å². The highest BCUT2D eigenvalue weighted by Gasteiger charge is 2.05. The number of carbonyl (C=O) groups is 2. The molecule has 0 aromatic rings. The van der Waals surface area contributed by atoms with Gasteiger partial charge in [-0.05, 0) is 38.5 Å². The first-order valence-corrected chi connectivity index (χ1v) is 8.99. The summed E-state index contributed by atoms with van der Waals surface area (Å²) in [6, 6.07) is 0. The van der Waals surface area contributed by atoms with Crippen LogP contribution in [0.5, 0.6) is 0 Å². The Hall–Kier alpha value is -1.84. The van der Waals surface area contributed by atoms with Crippen LogP contribution >= 0.6 is 0 Å². The van der Waals surface area contributed by atoms with Crippen molar-refractivity contribution in [2.45, 2.75) is 71.1 Å². The van der Waals surface area contributed by atoms with Crippen molar-refractivity contribution in [1.82, 2.24) is 0 Å². The van der Waals surface area contributed by atoms with E-state index in [0.29, 0.717) is 6.42 Å². The Labute approximate surface area is 146 Å². The molecule has 0 aromatic carbocycles. The molecule has 0 saturated heterocycles. The zero-order valence-corrected chi connectivity index (χ0v) is 14.9. The number of hydrogen-bond donors (Lipinski definition) is 1. The van der Waals surface area contributed by atoms with Crippen molar-refractivity contribution in [3.63, 3.8) is 0 Å². The number of carboxylic acids is 1. The van der Waals surface area contributed by atoms with Crippen molar-refractivity contribution in [2.75, 3.05) is 6.61 Å². The number of unbranched alkanes of at least 4 members (excludes halogenated alkanes) is 5.